The van der Waals surface area contributed by atoms with Gasteiger partial charge in [0.25, 0.3) is 0 Å². The molecule has 0 bridgehead atoms. The number of nitrogens with one attached hydrogen (secondary N) is 1. The van der Waals surface area contributed by atoms with Crippen LogP contribution in [0.3, 0.4) is 0 Å². The molecule has 0 saturated heterocycles. The molecule has 0 radical (unpaired) electrons. The largest absolute Gasteiger partial charge is 0.326 e. The highest BCUT2D eigenvalue weighted by Gasteiger charge is 1.98. The van der Waals surface area contributed by atoms with Crippen molar-refractivity contribution < 1.29 is 6.22 Å². The normalized spacial score (nSPS) is 8.92. The van der Waals surface area contributed by atoms with Gasteiger partial charge in [0.15, 0.2) is 0 Å². The molecule has 1 aromatic rings. The van der Waals surface area contributed by atoms with Gasteiger partial charge in [0.1, 0.15) is 0 Å². The van der Waals surface area contributed by atoms with E-state index in [2.05, 4.69) is 5.32 Å². The molecule has 3 nitrogen and oxygen atoms in total. The van der Waals surface area contributed by atoms with Gasteiger partial charge in [-0.1, -0.05) is 13.0 Å². The lowest BCUT2D eigenvalue weighted by atomic mass is 10.2. The Bertz CT molecular complexity index is 357. The number of amides is 1. The van der Waals surface area contributed by atoms with E-state index in [-0.39, 0.29) is 7.33 Å². The van der Waals surface area contributed by atoms with Gasteiger partial charge >= 0.3 is 0 Å². The van der Waals surface area contributed by atoms with Crippen LogP contribution < -0.4 is 5.32 Å². The van der Waals surface area contributed by atoms with Crippen molar-refractivity contribution in [2.24, 2.45) is 0 Å². The van der Waals surface area contributed by atoms with Gasteiger partial charge in [0, 0.05) is 13.5 Å². The lowest BCUT2D eigenvalue weighted by Gasteiger charge is -2.02. The van der Waals surface area contributed by atoms with Crippen molar-refractivity contribution in [2.45, 2.75) is 13.3 Å². The molecular formula is C10H12N2O. The first-order valence-corrected chi connectivity index (χ1v) is 4.06. The van der Waals surface area contributed by atoms with E-state index in [9.17, 15) is 4.79 Å². The highest BCUT2D eigenvalue weighted by atomic mass is 16.1. The van der Waals surface area contributed by atoms with Gasteiger partial charge in [0.05, 0.1) is 11.6 Å². The van der Waals surface area contributed by atoms with Crippen molar-refractivity contribution in [2.75, 3.05) is 5.32 Å². The average molecular weight is 176 g/mol. The van der Waals surface area contributed by atoms with Crippen LogP contribution in [0, 0.1) is 11.3 Å². The zero-order valence-corrected chi connectivity index (χ0v) is 7.37. The fourth-order valence-electron chi connectivity index (χ4n) is 0.916. The Morgan fingerprint density at radius 2 is 2.46 bits per heavy atom. The fourth-order valence-corrected chi connectivity index (χ4v) is 0.916. The molecule has 3 heteroatoms. The minimum absolute atomic E-state index is 0. The van der Waals surface area contributed by atoms with E-state index >= 15 is 0 Å². The summed E-state index contributed by atoms with van der Waals surface area (Å²) in [7, 11) is 0. The first-order chi connectivity index (χ1) is 6.26. The number of benzene rings is 1. The Morgan fingerprint density at radius 3 is 3.08 bits per heavy atom. The predicted molar refractivity (Wildman–Crippen MR) is 52.2 cm³/mol. The third-order valence-corrected chi connectivity index (χ3v) is 1.60. The number of nitrogens with zero attached hydrogens (tertiary/aromatic N) is 1. The molecule has 0 aliphatic carbocycles. The molecule has 1 aromatic carbocycles. The van der Waals surface area contributed by atoms with Crippen molar-refractivity contribution >= 4 is 11.6 Å². The van der Waals surface area contributed by atoms with E-state index in [1.807, 2.05) is 6.07 Å². The van der Waals surface area contributed by atoms with Gasteiger partial charge in [-0.25, -0.2) is 0 Å². The highest BCUT2D eigenvalue weighted by molar-refractivity contribution is 5.90. The van der Waals surface area contributed by atoms with Crippen LogP contribution in [0.5, 0.6) is 0 Å². The summed E-state index contributed by atoms with van der Waals surface area (Å²) in [6, 6.07) is 8.85. The number of hydrogen-bond acceptors (Lipinski definition) is 2. The Hall–Kier alpha value is -1.82. The van der Waals surface area contributed by atoms with E-state index in [1.54, 1.807) is 31.2 Å². The van der Waals surface area contributed by atoms with Gasteiger partial charge in [-0.15, -0.1) is 0 Å². The van der Waals surface area contributed by atoms with E-state index in [0.717, 1.165) is 0 Å². The van der Waals surface area contributed by atoms with Gasteiger partial charge < -0.3 is 5.32 Å². The van der Waals surface area contributed by atoms with Crippen molar-refractivity contribution in [1.29, 1.82) is 5.26 Å². The van der Waals surface area contributed by atoms with Crippen molar-refractivity contribution in [3.63, 3.8) is 0 Å². The number of nitriles is 1. The molecule has 1 N–H and O–H groups in total. The minimum atomic E-state index is -0.0462. The molecule has 0 aliphatic heterocycles. The summed E-state index contributed by atoms with van der Waals surface area (Å²) in [5, 5.41) is 11.3. The summed E-state index contributed by atoms with van der Waals surface area (Å²) in [6.45, 7) is 1.78. The third-order valence-electron chi connectivity index (χ3n) is 1.60. The summed E-state index contributed by atoms with van der Waals surface area (Å²) in [5.41, 5.74) is 1.22. The first kappa shape index (κ1) is 9.27. The summed E-state index contributed by atoms with van der Waals surface area (Å²) in [4.78, 5) is 11.0. The average Bonchev–Trinajstić information content (AvgIpc) is 2.18. The number of rotatable bonds is 2. The van der Waals surface area contributed by atoms with Crippen molar-refractivity contribution in [3.8, 4) is 6.07 Å². The second kappa shape index (κ2) is 4.27. The molecule has 13 heavy (non-hydrogen) atoms. The molecule has 0 saturated carbocycles. The van der Waals surface area contributed by atoms with E-state index < -0.39 is 0 Å². The molecule has 1 amide bonds. The molecule has 68 valence electrons. The van der Waals surface area contributed by atoms with Crippen molar-refractivity contribution in [3.05, 3.63) is 29.8 Å². The second-order valence-electron chi connectivity index (χ2n) is 2.59. The van der Waals surface area contributed by atoms with Crippen LogP contribution in [-0.2, 0) is 4.79 Å². The third kappa shape index (κ3) is 2.60. The van der Waals surface area contributed by atoms with Gasteiger partial charge in [0.2, 0.25) is 5.91 Å². The van der Waals surface area contributed by atoms with Gasteiger partial charge in [-0.2, -0.15) is 5.26 Å². The smallest absolute Gasteiger partial charge is 0.224 e. The Kier molecular flexibility index (Phi) is 3.04. The molecule has 0 spiro atoms. The van der Waals surface area contributed by atoms with Gasteiger partial charge in [-0.3, -0.25) is 4.79 Å². The molecule has 0 atom stereocenters. The molecular weight excluding hydrogens is 164 g/mol. The van der Waals surface area contributed by atoms with Crippen LogP contribution in [0.25, 0.3) is 0 Å². The van der Waals surface area contributed by atoms with Crippen LogP contribution in [0.1, 0.15) is 20.3 Å². The van der Waals surface area contributed by atoms with Crippen LogP contribution in [0.15, 0.2) is 24.3 Å². The zero-order valence-electron chi connectivity index (χ0n) is 7.37. The SMILES string of the molecule is CCC(=O)Nc1cccc(C#N)c1.[HH]. The summed E-state index contributed by atoms with van der Waals surface area (Å²) < 4.78 is 0. The summed E-state index contributed by atoms with van der Waals surface area (Å²) >= 11 is 0. The zero-order chi connectivity index (χ0) is 9.68. The van der Waals surface area contributed by atoms with Gasteiger partial charge in [-0.05, 0) is 18.2 Å². The lowest BCUT2D eigenvalue weighted by molar-refractivity contribution is -0.115. The summed E-state index contributed by atoms with van der Waals surface area (Å²) in [6.07, 6.45) is 0.441. The fraction of sp³-hybridized carbons (Fsp3) is 0.200. The standard InChI is InChI=1S/C10H10N2O.H2/c1-2-10(13)12-9-5-3-4-8(6-9)7-11;/h3-6H,2H2,1H3,(H,12,13);1H. The van der Waals surface area contributed by atoms with Crippen LogP contribution in [-0.4, -0.2) is 5.91 Å². The predicted octanol–water partition coefficient (Wildman–Crippen LogP) is 2.15. The molecule has 0 unspecified atom stereocenters. The maximum Gasteiger partial charge on any atom is 0.224 e. The Labute approximate surface area is 78.5 Å². The Balaban J connectivity index is 0.00000169. The highest BCUT2D eigenvalue weighted by Crippen LogP contribution is 2.09. The summed E-state index contributed by atoms with van der Waals surface area (Å²) in [5.74, 6) is -0.0462. The lowest BCUT2D eigenvalue weighted by Crippen LogP contribution is -2.09. The first-order valence-electron chi connectivity index (χ1n) is 4.06. The monoisotopic (exact) mass is 176 g/mol. The molecule has 0 aromatic heterocycles. The maximum absolute atomic E-state index is 11.0. The number of carbonyl (C=O) groups is 1. The Morgan fingerprint density at radius 1 is 1.69 bits per heavy atom. The minimum Gasteiger partial charge on any atom is -0.326 e. The molecule has 0 aliphatic rings. The van der Waals surface area contributed by atoms with E-state index in [1.165, 1.54) is 0 Å². The molecule has 0 heterocycles. The topological polar surface area (TPSA) is 52.9 Å². The van der Waals surface area contributed by atoms with E-state index in [4.69, 9.17) is 5.26 Å². The number of anilines is 1. The van der Waals surface area contributed by atoms with Crippen molar-refractivity contribution in [1.82, 2.24) is 0 Å². The van der Waals surface area contributed by atoms with Crippen LogP contribution in [0.4, 0.5) is 5.69 Å². The second-order valence-corrected chi connectivity index (χ2v) is 2.59. The number of carbonyl (C=O) groups excluding carboxylic acids is 1. The molecule has 1 rings (SSSR count). The van der Waals surface area contributed by atoms with Crippen LogP contribution >= 0.6 is 0 Å². The number of hydrogen-bond donors (Lipinski definition) is 1. The quantitative estimate of drug-likeness (QED) is 0.750. The van der Waals surface area contributed by atoms with E-state index in [0.29, 0.717) is 17.7 Å². The molecule has 0 fully saturated rings. The maximum atomic E-state index is 11.0. The van der Waals surface area contributed by atoms with Crippen LogP contribution in [0.2, 0.25) is 0 Å².